The largest absolute Gasteiger partial charge is 0.477 e. The Labute approximate surface area is 273 Å². The number of carbonyl (C=O) groups is 1. The van der Waals surface area contributed by atoms with E-state index in [-0.39, 0.29) is 23.7 Å². The van der Waals surface area contributed by atoms with Crippen LogP contribution in [-0.2, 0) is 9.84 Å². The molecule has 0 spiro atoms. The summed E-state index contributed by atoms with van der Waals surface area (Å²) in [7, 11) is -3.09. The molecule has 1 fully saturated rings. The van der Waals surface area contributed by atoms with Crippen LogP contribution in [0.3, 0.4) is 0 Å². The fraction of sp³-hybridized carbons (Fsp3) is 0.419. The third kappa shape index (κ3) is 7.86. The zero-order chi connectivity index (χ0) is 32.1. The smallest absolute Gasteiger partial charge is 0.326 e. The summed E-state index contributed by atoms with van der Waals surface area (Å²) in [6, 6.07) is 13.7. The molecule has 5 rings (SSSR count). The normalized spacial score (nSPS) is 19.0. The van der Waals surface area contributed by atoms with Gasteiger partial charge in [-0.05, 0) is 49.2 Å². The highest BCUT2D eigenvalue weighted by atomic mass is 35.5. The maximum absolute atomic E-state index is 14.6. The maximum atomic E-state index is 14.6. The number of sulfone groups is 1. The van der Waals surface area contributed by atoms with Gasteiger partial charge in [-0.25, -0.2) is 18.2 Å². The van der Waals surface area contributed by atoms with E-state index in [1.54, 1.807) is 40.3 Å². The number of rotatable bonds is 10. The number of halogens is 2. The van der Waals surface area contributed by atoms with Crippen LogP contribution in [0.15, 0.2) is 59.7 Å². The first-order valence-corrected chi connectivity index (χ1v) is 17.6. The van der Waals surface area contributed by atoms with Gasteiger partial charge in [0.1, 0.15) is 21.7 Å². The van der Waals surface area contributed by atoms with Gasteiger partial charge in [-0.15, -0.1) is 0 Å². The van der Waals surface area contributed by atoms with Gasteiger partial charge < -0.3 is 14.4 Å². The van der Waals surface area contributed by atoms with E-state index in [9.17, 15) is 13.2 Å². The Morgan fingerprint density at radius 2 is 1.51 bits per heavy atom. The van der Waals surface area contributed by atoms with Gasteiger partial charge in [-0.1, -0.05) is 47.5 Å². The second-order valence-electron chi connectivity index (χ2n) is 10.8. The molecular weight excluding hydrogens is 639 g/mol. The number of carbonyl (C=O) groups excluding carboxylic acids is 1. The third-order valence-corrected chi connectivity index (χ3v) is 9.07. The highest BCUT2D eigenvalue weighted by Gasteiger charge is 2.45. The molecule has 2 unspecified atom stereocenters. The number of aromatic nitrogens is 2. The Morgan fingerprint density at radius 3 is 2.09 bits per heavy atom. The lowest BCUT2D eigenvalue weighted by Crippen LogP contribution is -2.54. The molecule has 1 saturated heterocycles. The van der Waals surface area contributed by atoms with Crippen molar-refractivity contribution in [2.24, 2.45) is 4.99 Å². The summed E-state index contributed by atoms with van der Waals surface area (Å²) >= 11 is 12.5. The molecule has 2 aromatic carbocycles. The minimum Gasteiger partial charge on any atom is -0.477 e. The van der Waals surface area contributed by atoms with Crippen LogP contribution >= 0.6 is 23.2 Å². The summed E-state index contributed by atoms with van der Waals surface area (Å²) < 4.78 is 34.9. The number of piperazine rings is 1. The Hall–Kier alpha value is -3.45. The number of ether oxygens (including phenoxy) is 2. The van der Waals surface area contributed by atoms with Crippen LogP contribution in [0.2, 0.25) is 10.0 Å². The fourth-order valence-corrected chi connectivity index (χ4v) is 6.26. The molecule has 3 aromatic rings. The SMILES string of the molecule is CCOc1ncc(C2=NC(c3ccc(Cl)cc3)C(c3ccc(Cl)cc3)N2C(=O)N2CCN(CCS(C)(=O)=O)CC2)c(OCC)n1. The summed E-state index contributed by atoms with van der Waals surface area (Å²) in [6.45, 7) is 6.75. The van der Waals surface area contributed by atoms with E-state index in [0.717, 1.165) is 11.1 Å². The van der Waals surface area contributed by atoms with Gasteiger partial charge in [0, 0.05) is 55.2 Å². The van der Waals surface area contributed by atoms with Crippen LogP contribution in [0.1, 0.15) is 42.6 Å². The highest BCUT2D eigenvalue weighted by molar-refractivity contribution is 7.90. The van der Waals surface area contributed by atoms with Crippen LogP contribution in [0.5, 0.6) is 11.9 Å². The molecule has 3 heterocycles. The Morgan fingerprint density at radius 1 is 0.911 bits per heavy atom. The summed E-state index contributed by atoms with van der Waals surface area (Å²) in [5.74, 6) is 0.694. The van der Waals surface area contributed by atoms with E-state index < -0.39 is 21.9 Å². The standard InChI is InChI=1S/C31H36Cl2N6O5S/c1-4-43-29-25(20-34-30(36-29)44-5-2)28-35-26(21-6-10-23(32)11-7-21)27(22-8-12-24(33)13-9-22)39(28)31(40)38-16-14-37(15-17-38)18-19-45(3,41)42/h6-13,20,26-27H,4-5,14-19H2,1-3H3. The number of urea groups is 1. The van der Waals surface area contributed by atoms with Gasteiger partial charge in [0.25, 0.3) is 0 Å². The highest BCUT2D eigenvalue weighted by Crippen LogP contribution is 2.45. The summed E-state index contributed by atoms with van der Waals surface area (Å²) in [4.78, 5) is 34.2. The molecular formula is C31H36Cl2N6O5S. The van der Waals surface area contributed by atoms with E-state index in [1.807, 2.05) is 38.1 Å². The van der Waals surface area contributed by atoms with E-state index in [4.69, 9.17) is 37.7 Å². The average molecular weight is 676 g/mol. The lowest BCUT2D eigenvalue weighted by molar-refractivity contribution is 0.122. The molecule has 2 atom stereocenters. The monoisotopic (exact) mass is 674 g/mol. The fourth-order valence-electron chi connectivity index (χ4n) is 5.41. The molecule has 2 amide bonds. The van der Waals surface area contributed by atoms with Crippen LogP contribution in [0.4, 0.5) is 4.79 Å². The number of hydrogen-bond acceptors (Lipinski definition) is 9. The van der Waals surface area contributed by atoms with Gasteiger partial charge in [0.05, 0.1) is 30.6 Å². The van der Waals surface area contributed by atoms with Gasteiger partial charge in [0.15, 0.2) is 0 Å². The predicted molar refractivity (Wildman–Crippen MR) is 174 cm³/mol. The molecule has 1 aromatic heterocycles. The number of amides is 2. The average Bonchev–Trinajstić information content (AvgIpc) is 3.41. The summed E-state index contributed by atoms with van der Waals surface area (Å²) in [5.41, 5.74) is 2.15. The quantitative estimate of drug-likeness (QED) is 0.298. The van der Waals surface area contributed by atoms with Crippen molar-refractivity contribution in [1.29, 1.82) is 0 Å². The first-order chi connectivity index (χ1) is 21.6. The number of aliphatic imine (C=N–C) groups is 1. The lowest BCUT2D eigenvalue weighted by Gasteiger charge is -2.39. The number of hydrogen-bond donors (Lipinski definition) is 0. The van der Waals surface area contributed by atoms with Crippen molar-refractivity contribution in [3.63, 3.8) is 0 Å². The summed E-state index contributed by atoms with van der Waals surface area (Å²) in [5, 5.41) is 1.16. The molecule has 0 aliphatic carbocycles. The van der Waals surface area contributed by atoms with E-state index >= 15 is 0 Å². The van der Waals surface area contributed by atoms with Crippen molar-refractivity contribution < 1.29 is 22.7 Å². The van der Waals surface area contributed by atoms with Crippen molar-refractivity contribution >= 4 is 44.9 Å². The second kappa shape index (κ2) is 14.3. The number of nitrogens with zero attached hydrogens (tertiary/aromatic N) is 6. The van der Waals surface area contributed by atoms with Crippen molar-refractivity contribution in [3.8, 4) is 11.9 Å². The third-order valence-electron chi connectivity index (χ3n) is 7.64. The molecule has 240 valence electrons. The second-order valence-corrected chi connectivity index (χ2v) is 13.9. The minimum absolute atomic E-state index is 0.0727. The van der Waals surface area contributed by atoms with Crippen molar-refractivity contribution in [1.82, 2.24) is 24.7 Å². The molecule has 45 heavy (non-hydrogen) atoms. The topological polar surface area (TPSA) is 118 Å². The first-order valence-electron chi connectivity index (χ1n) is 14.8. The predicted octanol–water partition coefficient (Wildman–Crippen LogP) is 4.91. The minimum atomic E-state index is -3.09. The van der Waals surface area contributed by atoms with Gasteiger partial charge in [-0.3, -0.25) is 14.8 Å². The van der Waals surface area contributed by atoms with Crippen molar-refractivity contribution in [2.45, 2.75) is 25.9 Å². The zero-order valence-electron chi connectivity index (χ0n) is 25.4. The van der Waals surface area contributed by atoms with E-state index in [1.165, 1.54) is 6.26 Å². The molecule has 0 radical (unpaired) electrons. The van der Waals surface area contributed by atoms with Crippen LogP contribution < -0.4 is 9.47 Å². The van der Waals surface area contributed by atoms with Crippen LogP contribution in [0.25, 0.3) is 0 Å². The molecule has 0 saturated carbocycles. The number of amidine groups is 1. The molecule has 2 aliphatic rings. The van der Waals surface area contributed by atoms with E-state index in [2.05, 4.69) is 14.9 Å². The number of benzene rings is 2. The van der Waals surface area contributed by atoms with Gasteiger partial charge in [0.2, 0.25) is 5.88 Å². The van der Waals surface area contributed by atoms with Crippen LogP contribution in [-0.4, -0.2) is 103 Å². The molecule has 0 bridgehead atoms. The van der Waals surface area contributed by atoms with Gasteiger partial charge in [-0.2, -0.15) is 4.98 Å². The Balaban J connectivity index is 1.58. The molecule has 0 N–H and O–H groups in total. The van der Waals surface area contributed by atoms with E-state index in [0.29, 0.717) is 67.4 Å². The maximum Gasteiger partial charge on any atom is 0.326 e. The van der Waals surface area contributed by atoms with Crippen molar-refractivity contribution in [3.05, 3.63) is 81.5 Å². The first kappa shape index (κ1) is 32.9. The van der Waals surface area contributed by atoms with Crippen molar-refractivity contribution in [2.75, 3.05) is 57.9 Å². The Kier molecular flexibility index (Phi) is 10.5. The van der Waals surface area contributed by atoms with Crippen LogP contribution in [0, 0.1) is 0 Å². The molecule has 14 heteroatoms. The zero-order valence-corrected chi connectivity index (χ0v) is 27.7. The Bertz CT molecular complexity index is 1630. The van der Waals surface area contributed by atoms with Gasteiger partial charge >= 0.3 is 12.0 Å². The summed E-state index contributed by atoms with van der Waals surface area (Å²) in [6.07, 6.45) is 2.81. The molecule has 2 aliphatic heterocycles. The lowest BCUT2D eigenvalue weighted by atomic mass is 9.94. The molecule has 11 nitrogen and oxygen atoms in total.